The van der Waals surface area contributed by atoms with E-state index in [0.29, 0.717) is 0 Å². The molecule has 0 aliphatic rings. The monoisotopic (exact) mass is 191 g/mol. The maximum Gasteiger partial charge on any atom is 0.217 e. The SMILES string of the molecule is CC[N+](C)(C)c1cnn2cccnc12. The minimum Gasteiger partial charge on any atom is -0.292 e. The Hall–Kier alpha value is -1.42. The Kier molecular flexibility index (Phi) is 2.00. The molecule has 2 heterocycles. The first-order valence-corrected chi connectivity index (χ1v) is 4.77. The summed E-state index contributed by atoms with van der Waals surface area (Å²) in [6, 6.07) is 1.88. The molecule has 0 radical (unpaired) electrons. The minimum absolute atomic E-state index is 0.806. The molecule has 74 valence electrons. The number of fused-ring (bicyclic) bond motifs is 1. The molecule has 0 saturated carbocycles. The first kappa shape index (κ1) is 9.15. The molecular weight excluding hydrogens is 176 g/mol. The lowest BCUT2D eigenvalue weighted by molar-refractivity contribution is 0.423. The molecule has 0 spiro atoms. The molecule has 0 N–H and O–H groups in total. The normalized spacial score (nSPS) is 12.2. The molecule has 2 rings (SSSR count). The summed E-state index contributed by atoms with van der Waals surface area (Å²) in [5.41, 5.74) is 2.10. The van der Waals surface area contributed by atoms with E-state index in [2.05, 4.69) is 31.1 Å². The molecule has 0 aliphatic carbocycles. The van der Waals surface area contributed by atoms with E-state index in [1.54, 1.807) is 6.20 Å². The third kappa shape index (κ3) is 1.28. The molecule has 0 bridgehead atoms. The van der Waals surface area contributed by atoms with Crippen LogP contribution in [0.5, 0.6) is 0 Å². The molecule has 0 amide bonds. The Morgan fingerprint density at radius 1 is 1.43 bits per heavy atom. The van der Waals surface area contributed by atoms with E-state index in [-0.39, 0.29) is 0 Å². The van der Waals surface area contributed by atoms with Crippen molar-refractivity contribution in [2.24, 2.45) is 0 Å². The second-order valence-corrected chi connectivity index (χ2v) is 3.92. The standard InChI is InChI=1S/C10H15N4/c1-4-14(2,3)9-8-12-13-7-5-6-11-10(9)13/h5-8H,4H2,1-3H3/q+1. The molecule has 0 saturated heterocycles. The summed E-state index contributed by atoms with van der Waals surface area (Å²) in [5, 5.41) is 4.27. The molecule has 4 heteroatoms. The van der Waals surface area contributed by atoms with Gasteiger partial charge in [0.15, 0.2) is 5.69 Å². The summed E-state index contributed by atoms with van der Waals surface area (Å²) in [4.78, 5) is 4.34. The van der Waals surface area contributed by atoms with E-state index in [1.807, 2.05) is 23.0 Å². The Morgan fingerprint density at radius 2 is 2.21 bits per heavy atom. The van der Waals surface area contributed by atoms with Gasteiger partial charge in [0.25, 0.3) is 0 Å². The number of hydrogen-bond donors (Lipinski definition) is 0. The Morgan fingerprint density at radius 3 is 2.93 bits per heavy atom. The number of aromatic nitrogens is 3. The summed E-state index contributed by atoms with van der Waals surface area (Å²) in [7, 11) is 4.32. The molecule has 4 nitrogen and oxygen atoms in total. The number of rotatable bonds is 2. The summed E-state index contributed by atoms with van der Waals surface area (Å²) in [5.74, 6) is 0. The summed E-state index contributed by atoms with van der Waals surface area (Å²) < 4.78 is 2.62. The molecular formula is C10H15N4+. The van der Waals surface area contributed by atoms with Gasteiger partial charge in [-0.25, -0.2) is 9.50 Å². The lowest BCUT2D eigenvalue weighted by Gasteiger charge is -2.25. The van der Waals surface area contributed by atoms with E-state index in [9.17, 15) is 0 Å². The van der Waals surface area contributed by atoms with E-state index in [4.69, 9.17) is 0 Å². The average Bonchev–Trinajstić information content (AvgIpc) is 2.61. The fourth-order valence-corrected chi connectivity index (χ4v) is 1.41. The Labute approximate surface area is 83.4 Å². The van der Waals surface area contributed by atoms with Crippen LogP contribution in [0.3, 0.4) is 0 Å². The van der Waals surface area contributed by atoms with Gasteiger partial charge in [0, 0.05) is 12.4 Å². The van der Waals surface area contributed by atoms with Crippen LogP contribution < -0.4 is 4.48 Å². The van der Waals surface area contributed by atoms with Crippen molar-refractivity contribution in [2.45, 2.75) is 6.92 Å². The summed E-state index contributed by atoms with van der Waals surface area (Å²) >= 11 is 0. The minimum atomic E-state index is 0.806. The second-order valence-electron chi connectivity index (χ2n) is 3.92. The van der Waals surface area contributed by atoms with Crippen LogP contribution in [0.1, 0.15) is 6.92 Å². The van der Waals surface area contributed by atoms with Gasteiger partial charge < -0.3 is 0 Å². The average molecular weight is 191 g/mol. The molecule has 0 atom stereocenters. The van der Waals surface area contributed by atoms with Crippen LogP contribution in [0.25, 0.3) is 5.65 Å². The lowest BCUT2D eigenvalue weighted by Crippen LogP contribution is -2.39. The highest BCUT2D eigenvalue weighted by Gasteiger charge is 2.22. The molecule has 2 aromatic rings. The van der Waals surface area contributed by atoms with Crippen molar-refractivity contribution in [3.8, 4) is 0 Å². The molecule has 2 aromatic heterocycles. The van der Waals surface area contributed by atoms with Gasteiger partial charge in [0.05, 0.1) is 20.6 Å². The summed E-state index contributed by atoms with van der Waals surface area (Å²) in [6.45, 7) is 3.18. The Bertz CT molecular complexity index is 444. The zero-order valence-corrected chi connectivity index (χ0v) is 8.81. The van der Waals surface area contributed by atoms with Crippen LogP contribution >= 0.6 is 0 Å². The van der Waals surface area contributed by atoms with Gasteiger partial charge >= 0.3 is 0 Å². The highest BCUT2D eigenvalue weighted by molar-refractivity contribution is 5.64. The van der Waals surface area contributed by atoms with Crippen molar-refractivity contribution in [2.75, 3.05) is 20.6 Å². The third-order valence-corrected chi connectivity index (χ3v) is 2.70. The van der Waals surface area contributed by atoms with Crippen LogP contribution in [0.15, 0.2) is 24.7 Å². The maximum absolute atomic E-state index is 4.34. The van der Waals surface area contributed by atoms with Crippen molar-refractivity contribution in [3.05, 3.63) is 24.7 Å². The number of nitrogens with zero attached hydrogens (tertiary/aromatic N) is 4. The fourth-order valence-electron chi connectivity index (χ4n) is 1.41. The quantitative estimate of drug-likeness (QED) is 0.670. The van der Waals surface area contributed by atoms with Gasteiger partial charge in [-0.3, -0.25) is 4.48 Å². The van der Waals surface area contributed by atoms with Gasteiger partial charge in [-0.15, -0.1) is 0 Å². The van der Waals surface area contributed by atoms with Crippen LogP contribution in [-0.4, -0.2) is 35.2 Å². The zero-order valence-electron chi connectivity index (χ0n) is 8.81. The highest BCUT2D eigenvalue weighted by Crippen LogP contribution is 2.22. The van der Waals surface area contributed by atoms with Gasteiger partial charge in [-0.2, -0.15) is 5.10 Å². The first-order valence-electron chi connectivity index (χ1n) is 4.77. The molecule has 0 aromatic carbocycles. The summed E-state index contributed by atoms with van der Waals surface area (Å²) in [6.07, 6.45) is 5.61. The molecule has 0 unspecified atom stereocenters. The van der Waals surface area contributed by atoms with Crippen LogP contribution in [0, 0.1) is 0 Å². The lowest BCUT2D eigenvalue weighted by atomic mass is 10.4. The Balaban J connectivity index is 2.64. The smallest absolute Gasteiger partial charge is 0.217 e. The van der Waals surface area contributed by atoms with E-state index in [0.717, 1.165) is 22.4 Å². The highest BCUT2D eigenvalue weighted by atomic mass is 15.4. The van der Waals surface area contributed by atoms with Crippen molar-refractivity contribution >= 4 is 11.3 Å². The molecule has 0 fully saturated rings. The van der Waals surface area contributed by atoms with Crippen molar-refractivity contribution < 1.29 is 0 Å². The van der Waals surface area contributed by atoms with Crippen molar-refractivity contribution in [1.29, 1.82) is 0 Å². The topological polar surface area (TPSA) is 30.2 Å². The zero-order chi connectivity index (χ0) is 10.2. The van der Waals surface area contributed by atoms with E-state index >= 15 is 0 Å². The van der Waals surface area contributed by atoms with Gasteiger partial charge in [0.2, 0.25) is 5.65 Å². The van der Waals surface area contributed by atoms with E-state index < -0.39 is 0 Å². The largest absolute Gasteiger partial charge is 0.292 e. The number of quaternary nitrogens is 1. The first-order chi connectivity index (χ1) is 6.65. The van der Waals surface area contributed by atoms with Crippen LogP contribution in [-0.2, 0) is 0 Å². The predicted octanol–water partition coefficient (Wildman–Crippen LogP) is 1.32. The third-order valence-electron chi connectivity index (χ3n) is 2.70. The van der Waals surface area contributed by atoms with Crippen LogP contribution in [0.2, 0.25) is 0 Å². The van der Waals surface area contributed by atoms with Crippen LogP contribution in [0.4, 0.5) is 5.69 Å². The van der Waals surface area contributed by atoms with Gasteiger partial charge in [-0.1, -0.05) is 0 Å². The number of hydrogen-bond acceptors (Lipinski definition) is 2. The second kappa shape index (κ2) is 3.06. The van der Waals surface area contributed by atoms with Crippen molar-refractivity contribution in [3.63, 3.8) is 0 Å². The molecule has 0 aliphatic heterocycles. The van der Waals surface area contributed by atoms with Gasteiger partial charge in [-0.05, 0) is 13.0 Å². The van der Waals surface area contributed by atoms with Crippen molar-refractivity contribution in [1.82, 2.24) is 19.1 Å². The van der Waals surface area contributed by atoms with E-state index in [1.165, 1.54) is 0 Å². The van der Waals surface area contributed by atoms with Gasteiger partial charge in [0.1, 0.15) is 6.20 Å². The molecule has 14 heavy (non-hydrogen) atoms. The maximum atomic E-state index is 4.34. The predicted molar refractivity (Wildman–Crippen MR) is 57.2 cm³/mol. The fraction of sp³-hybridized carbons (Fsp3) is 0.400.